The summed E-state index contributed by atoms with van der Waals surface area (Å²) in [5.74, 6) is 5.23. The lowest BCUT2D eigenvalue weighted by Crippen LogP contribution is -2.22. The molecule has 0 saturated carbocycles. The minimum Gasteiger partial charge on any atom is -0.491 e. The van der Waals surface area contributed by atoms with Gasteiger partial charge in [0.25, 0.3) is 0 Å². The molecule has 0 spiro atoms. The summed E-state index contributed by atoms with van der Waals surface area (Å²) in [7, 11) is 0. The lowest BCUT2D eigenvalue weighted by atomic mass is 9.80. The Bertz CT molecular complexity index is 7960. The maximum Gasteiger partial charge on any atom is 0.233 e. The lowest BCUT2D eigenvalue weighted by molar-refractivity contribution is 0.288. The van der Waals surface area contributed by atoms with Crippen LogP contribution in [0.4, 0.5) is 0 Å². The van der Waals surface area contributed by atoms with Crippen LogP contribution in [0.2, 0.25) is 0 Å². The number of hydrogen-bond acceptors (Lipinski definition) is 6. The van der Waals surface area contributed by atoms with Gasteiger partial charge in [0.2, 0.25) is 9.73 Å². The molecule has 728 valence electrons. The molecule has 0 N–H and O–H groups in total. The van der Waals surface area contributed by atoms with Crippen molar-refractivity contribution in [3.63, 3.8) is 0 Å². The molecular weight excluding hydrogens is 1780 g/mol. The van der Waals surface area contributed by atoms with E-state index in [2.05, 4.69) is 246 Å². The third-order valence-electron chi connectivity index (χ3n) is 32.7. The van der Waals surface area contributed by atoms with Crippen molar-refractivity contribution >= 4 is 228 Å². The Balaban J connectivity index is 0.853. The molecule has 0 saturated heterocycles. The molecule has 0 radical (unpaired) electrons. The monoisotopic (exact) mass is 1920 g/mol. The van der Waals surface area contributed by atoms with Crippen molar-refractivity contribution < 1.29 is 28.4 Å². The molecule has 3 aromatic heterocycles. The number of unbranched alkanes of at least 4 members (excludes halogenated alkanes) is 30. The van der Waals surface area contributed by atoms with Crippen molar-refractivity contribution in [1.82, 2.24) is 13.7 Å². The summed E-state index contributed by atoms with van der Waals surface area (Å²) in [5.41, 5.74) is 13.6. The first-order chi connectivity index (χ1) is 70.0. The summed E-state index contributed by atoms with van der Waals surface area (Å²) >= 11 is 3.71. The van der Waals surface area contributed by atoms with Gasteiger partial charge in [0.05, 0.1) is 72.4 Å². The van der Waals surface area contributed by atoms with E-state index in [1.165, 1.54) is 358 Å². The summed E-state index contributed by atoms with van der Waals surface area (Å²) in [5, 5.41) is 40.9. The Morgan fingerprint density at radius 3 is 0.662 bits per heavy atom. The molecule has 18 aromatic carbocycles. The van der Waals surface area contributed by atoms with E-state index in [0.717, 1.165) is 156 Å². The Morgan fingerprint density at radius 2 is 0.415 bits per heavy atom. The van der Waals surface area contributed by atoms with Gasteiger partial charge >= 0.3 is 0 Å². The second kappa shape index (κ2) is 40.6. The van der Waals surface area contributed by atoms with Crippen LogP contribution in [0.3, 0.4) is 0 Å². The van der Waals surface area contributed by atoms with E-state index >= 15 is 0 Å². The second-order valence-corrected chi connectivity index (χ2v) is 44.0. The highest BCUT2D eigenvalue weighted by atomic mass is 32.1. The van der Waals surface area contributed by atoms with Crippen LogP contribution >= 0.6 is 0 Å². The summed E-state index contributed by atoms with van der Waals surface area (Å²) in [6, 6.07) is 59.1. The van der Waals surface area contributed by atoms with Crippen LogP contribution < -0.4 is 39.1 Å². The molecule has 0 bridgehead atoms. The maximum atomic E-state index is 7.69. The van der Waals surface area contributed by atoms with Gasteiger partial charge in [0.15, 0.2) is 35.2 Å². The average molecular weight is 1920 g/mol. The van der Waals surface area contributed by atoms with Crippen molar-refractivity contribution in [3.05, 3.63) is 184 Å². The number of hydrogen-bond donors (Lipinski definition) is 0. The number of nitrogens with zero attached hydrogens (tertiary/aromatic N) is 3. The highest BCUT2D eigenvalue weighted by Gasteiger charge is 2.38. The largest absolute Gasteiger partial charge is 0.491 e. The Hall–Kier alpha value is -11.5. The third-order valence-corrected chi connectivity index (χ3v) is 34.2. The molecule has 0 amide bonds. The molecule has 3 heterocycles. The normalized spacial score (nSPS) is 13.7. The predicted molar refractivity (Wildman–Crippen MR) is 620 cm³/mol. The molecule has 2 aliphatic rings. The van der Waals surface area contributed by atoms with Crippen LogP contribution in [0, 0.1) is 20.8 Å². The Morgan fingerprint density at radius 1 is 0.204 bits per heavy atom. The average Bonchev–Trinajstić information content (AvgIpc) is 1.45. The van der Waals surface area contributed by atoms with Gasteiger partial charge in [-0.1, -0.05) is 307 Å². The van der Waals surface area contributed by atoms with E-state index in [9.17, 15) is 0 Å². The Labute approximate surface area is 845 Å². The highest BCUT2D eigenvalue weighted by molar-refractivity contribution is 7.79. The van der Waals surface area contributed by atoms with Gasteiger partial charge in [0.1, 0.15) is 51.6 Å². The van der Waals surface area contributed by atoms with Gasteiger partial charge in [0, 0.05) is 87.9 Å². The quantitative estimate of drug-likeness (QED) is 0.0124. The molecule has 11 heteroatoms. The van der Waals surface area contributed by atoms with Crippen molar-refractivity contribution in [1.29, 1.82) is 0 Å². The standard InChI is InChI=1S/C131H143N3O6S2/c1-12-18-24-30-36-42-62-135-105-68-80(7)69-106(136-63-43-37-31-25-19-13-2)129(105)132-101-76-97-95-74-99-125-119-89(83-50-48-52-93-111(141-10)78-103(123(125)113(83)93)133(99)130-107(137-64-44-38-32-26-20-14-3)70-81(8)71-108(130)138-65-45-39-33-27-21-15-4)58-54-85(115(95)119)87-56-60-91-92-61-57-88-86-55-59-90-84-51-49-53-94-112(142-11)79-104-124(114(84)94)126-100(75-96(116(86)120(90)126)98-77-102(132)128(122(92)118(88)98)127(101)121(91)117(87)97)134(104)131-109(139-66-46-40-34-28-22-16-5)72-82(9)73-110(131)140-67-47-41-35-29-23-17-6/h48-61,68-79H,12-47,62-67H2,1-11H3/q+2. The van der Waals surface area contributed by atoms with Crippen molar-refractivity contribution in [2.75, 3.05) is 52.2 Å². The van der Waals surface area contributed by atoms with E-state index in [0.29, 0.717) is 39.6 Å². The van der Waals surface area contributed by atoms with Gasteiger partial charge in [-0.25, -0.2) is 0 Å². The van der Waals surface area contributed by atoms with Crippen LogP contribution in [0.1, 0.15) is 301 Å². The van der Waals surface area contributed by atoms with Crippen LogP contribution in [0.5, 0.6) is 34.5 Å². The fraction of sp³-hybridized carbons (Fsp3) is 0.405. The summed E-state index contributed by atoms with van der Waals surface area (Å²) in [4.78, 5) is 2.52. The SMILES string of the molecule is CCCCCCCCOc1cc(C)cc(OCCCCCCCC)c1-n1c2c3c4c(cccc4c4ccc5c6ccc7c8ccc9c%10ccc%11c%12cccc%13c%12c%12c(n(-c%14c(OCCCCCCCC)cc(C)cc%14OCCCCCCCC)c%14cc(c%15cc%16c(c8c9%15)c8c7c6c(cc8n%16-c6c(OCCCCCCCC)cc(C)cc6OCCCCCCCC)c6cc1c3c4c56)c%10c%11c%12%14)=CC%13=[S+]C)C(=[S+]C)C=2. The van der Waals surface area contributed by atoms with Gasteiger partial charge in [-0.15, -0.1) is 0 Å². The van der Waals surface area contributed by atoms with Crippen LogP contribution in [-0.4, -0.2) is 75.6 Å². The number of rotatable bonds is 51. The highest BCUT2D eigenvalue weighted by Crippen LogP contribution is 2.60. The molecular formula is C131H143N3O6S2+2. The van der Waals surface area contributed by atoms with E-state index < -0.39 is 0 Å². The van der Waals surface area contributed by atoms with Crippen LogP contribution in [0.15, 0.2) is 146 Å². The van der Waals surface area contributed by atoms with Crippen molar-refractivity contribution in [2.24, 2.45) is 0 Å². The van der Waals surface area contributed by atoms with E-state index in [1.54, 1.807) is 0 Å². The zero-order chi connectivity index (χ0) is 96.5. The van der Waals surface area contributed by atoms with Gasteiger partial charge < -0.3 is 42.1 Å². The molecule has 9 nitrogen and oxygen atoms in total. The molecule has 0 atom stereocenters. The number of benzene rings is 18. The fourth-order valence-corrected chi connectivity index (χ4v) is 27.3. The zero-order valence-corrected chi connectivity index (χ0v) is 88.0. The third kappa shape index (κ3) is 15.9. The summed E-state index contributed by atoms with van der Waals surface area (Å²) in [6.07, 6.45) is 51.8. The van der Waals surface area contributed by atoms with Gasteiger partial charge in [-0.2, -0.15) is 0 Å². The molecule has 142 heavy (non-hydrogen) atoms. The molecule has 0 fully saturated rings. The molecule has 0 unspecified atom stereocenters. The minimum atomic E-state index is 0.592. The minimum absolute atomic E-state index is 0.592. The number of aromatic nitrogens is 3. The topological polar surface area (TPSA) is 70.2 Å². The maximum absolute atomic E-state index is 7.69. The van der Waals surface area contributed by atoms with E-state index in [-0.39, 0.29) is 0 Å². The zero-order valence-electron chi connectivity index (χ0n) is 86.3. The van der Waals surface area contributed by atoms with Crippen LogP contribution in [0.25, 0.3) is 213 Å². The van der Waals surface area contributed by atoms with E-state index in [1.807, 2.05) is 22.7 Å². The number of aryl methyl sites for hydroxylation is 3. The first-order valence-corrected chi connectivity index (χ1v) is 57.9. The van der Waals surface area contributed by atoms with Gasteiger partial charge in [-0.3, -0.25) is 0 Å². The molecule has 2 aliphatic carbocycles. The number of fused-ring (bicyclic) bond motifs is 7. The van der Waals surface area contributed by atoms with Crippen LogP contribution in [-0.2, 0) is 22.7 Å². The predicted octanol–water partition coefficient (Wildman–Crippen LogP) is 35.7. The lowest BCUT2D eigenvalue weighted by Gasteiger charge is -2.23. The smallest absolute Gasteiger partial charge is 0.233 e. The summed E-state index contributed by atoms with van der Waals surface area (Å²) in [6.45, 7) is 24.3. The van der Waals surface area contributed by atoms with Gasteiger partial charge in [-0.05, 0) is 246 Å². The van der Waals surface area contributed by atoms with Crippen molar-refractivity contribution in [2.45, 2.75) is 293 Å². The Kier molecular flexibility index (Phi) is 26.9. The summed E-state index contributed by atoms with van der Waals surface area (Å²) < 4.78 is 53.2. The number of ether oxygens (including phenoxy) is 6. The first-order valence-electron chi connectivity index (χ1n) is 55.5. The molecule has 23 rings (SSSR count). The molecule has 0 aliphatic heterocycles. The van der Waals surface area contributed by atoms with Crippen molar-refractivity contribution in [3.8, 4) is 51.6 Å². The van der Waals surface area contributed by atoms with E-state index in [4.69, 9.17) is 28.4 Å². The fourth-order valence-electron chi connectivity index (χ4n) is 26.0. The first kappa shape index (κ1) is 94.1. The molecule has 21 aromatic rings. The second-order valence-electron chi connectivity index (χ2n) is 42.4.